The van der Waals surface area contributed by atoms with Crippen LogP contribution in [0.1, 0.15) is 27.3 Å². The Morgan fingerprint density at radius 2 is 1.86 bits per heavy atom. The van der Waals surface area contributed by atoms with Crippen LogP contribution in [0.4, 0.5) is 19.0 Å². The molecule has 0 unspecified atom stereocenters. The van der Waals surface area contributed by atoms with Crippen LogP contribution >= 0.6 is 0 Å². The summed E-state index contributed by atoms with van der Waals surface area (Å²) in [4.78, 5) is 28.6. The van der Waals surface area contributed by atoms with Crippen molar-refractivity contribution in [1.29, 1.82) is 0 Å². The number of benzene rings is 1. The quantitative estimate of drug-likeness (QED) is 0.745. The average molecular weight is 388 g/mol. The zero-order valence-electron chi connectivity index (χ0n) is 14.9. The number of hydrogen-bond acceptors (Lipinski definition) is 4. The summed E-state index contributed by atoms with van der Waals surface area (Å²) < 4.78 is 40.1. The van der Waals surface area contributed by atoms with Crippen LogP contribution in [0, 0.1) is 13.8 Å². The molecule has 9 heteroatoms. The molecule has 0 fully saturated rings. The van der Waals surface area contributed by atoms with Gasteiger partial charge in [-0.3, -0.25) is 9.59 Å². The minimum atomic E-state index is -4.53. The van der Waals surface area contributed by atoms with E-state index in [9.17, 15) is 22.8 Å². The maximum atomic E-state index is 13.0. The fraction of sp³-hybridized carbons (Fsp3) is 0.158. The molecule has 2 heterocycles. The molecule has 3 rings (SSSR count). The standard InChI is InChI=1S/C19H15F3N4O2/c1-11-6-7-23-16(8-11)24-18(28)17-15(27)9-12(2)26(25-17)14-5-3-4-13(10-14)19(20,21)22/h3-10H,1-2H3,(H,23,24,28). The van der Waals surface area contributed by atoms with Gasteiger partial charge < -0.3 is 5.32 Å². The van der Waals surface area contributed by atoms with Gasteiger partial charge in [-0.1, -0.05) is 6.07 Å². The molecule has 3 aromatic rings. The van der Waals surface area contributed by atoms with Crippen molar-refractivity contribution in [3.8, 4) is 5.69 Å². The Hall–Kier alpha value is -3.49. The Morgan fingerprint density at radius 3 is 2.54 bits per heavy atom. The van der Waals surface area contributed by atoms with E-state index in [0.29, 0.717) is 0 Å². The van der Waals surface area contributed by atoms with Gasteiger partial charge >= 0.3 is 6.18 Å². The van der Waals surface area contributed by atoms with Crippen LogP contribution < -0.4 is 10.7 Å². The minimum Gasteiger partial charge on any atom is -0.305 e. The van der Waals surface area contributed by atoms with E-state index in [1.54, 1.807) is 12.1 Å². The topological polar surface area (TPSA) is 76.9 Å². The number of aromatic nitrogens is 3. The molecule has 0 spiro atoms. The molecular formula is C19H15F3N4O2. The maximum Gasteiger partial charge on any atom is 0.416 e. The third-order valence-corrected chi connectivity index (χ3v) is 3.90. The first kappa shape index (κ1) is 19.3. The minimum absolute atomic E-state index is 0.0788. The number of hydrogen-bond donors (Lipinski definition) is 1. The molecule has 28 heavy (non-hydrogen) atoms. The summed E-state index contributed by atoms with van der Waals surface area (Å²) in [5.41, 5.74) is -0.745. The summed E-state index contributed by atoms with van der Waals surface area (Å²) in [5, 5.41) is 6.45. The number of nitrogens with zero attached hydrogens (tertiary/aromatic N) is 3. The van der Waals surface area contributed by atoms with E-state index >= 15 is 0 Å². The molecular weight excluding hydrogens is 373 g/mol. The van der Waals surface area contributed by atoms with Crippen LogP contribution in [0.2, 0.25) is 0 Å². The number of amides is 1. The van der Waals surface area contributed by atoms with E-state index in [-0.39, 0.29) is 17.2 Å². The Labute approximate surface area is 157 Å². The SMILES string of the molecule is Cc1ccnc(NC(=O)c2nn(-c3cccc(C(F)(F)F)c3)c(C)cc2=O)c1. The van der Waals surface area contributed by atoms with Crippen molar-refractivity contribution in [2.24, 2.45) is 0 Å². The predicted octanol–water partition coefficient (Wildman–Crippen LogP) is 3.52. The van der Waals surface area contributed by atoms with Crippen molar-refractivity contribution in [3.63, 3.8) is 0 Å². The van der Waals surface area contributed by atoms with Gasteiger partial charge in [0.15, 0.2) is 5.69 Å². The second-order valence-electron chi connectivity index (χ2n) is 6.13. The van der Waals surface area contributed by atoms with Crippen molar-refractivity contribution in [1.82, 2.24) is 14.8 Å². The van der Waals surface area contributed by atoms with Crippen LogP contribution in [-0.4, -0.2) is 20.7 Å². The summed E-state index contributed by atoms with van der Waals surface area (Å²) in [6, 6.07) is 8.95. The van der Waals surface area contributed by atoms with E-state index in [4.69, 9.17) is 0 Å². The molecule has 6 nitrogen and oxygen atoms in total. The zero-order chi connectivity index (χ0) is 20.5. The lowest BCUT2D eigenvalue weighted by Gasteiger charge is -2.13. The Kier molecular flexibility index (Phi) is 5.00. The third-order valence-electron chi connectivity index (χ3n) is 3.90. The monoisotopic (exact) mass is 388 g/mol. The van der Waals surface area contributed by atoms with Gasteiger partial charge in [-0.15, -0.1) is 0 Å². The molecule has 0 saturated heterocycles. The number of aryl methyl sites for hydroxylation is 2. The molecule has 0 atom stereocenters. The predicted molar refractivity (Wildman–Crippen MR) is 96.5 cm³/mol. The second-order valence-corrected chi connectivity index (χ2v) is 6.13. The number of halogens is 3. The number of carbonyl (C=O) groups excluding carboxylic acids is 1. The van der Waals surface area contributed by atoms with Gasteiger partial charge in [0.2, 0.25) is 5.43 Å². The Balaban J connectivity index is 2.02. The molecule has 0 bridgehead atoms. The number of nitrogens with one attached hydrogen (secondary N) is 1. The molecule has 0 radical (unpaired) electrons. The maximum absolute atomic E-state index is 13.0. The van der Waals surface area contributed by atoms with E-state index in [1.807, 2.05) is 6.92 Å². The van der Waals surface area contributed by atoms with Gasteiger partial charge in [-0.25, -0.2) is 9.67 Å². The smallest absolute Gasteiger partial charge is 0.305 e. The van der Waals surface area contributed by atoms with E-state index in [1.165, 1.54) is 25.3 Å². The summed E-state index contributed by atoms with van der Waals surface area (Å²) in [7, 11) is 0. The first-order valence-electron chi connectivity index (χ1n) is 8.18. The summed E-state index contributed by atoms with van der Waals surface area (Å²) in [6.07, 6.45) is -3.03. The van der Waals surface area contributed by atoms with Crippen LogP contribution in [0.5, 0.6) is 0 Å². The van der Waals surface area contributed by atoms with Gasteiger partial charge in [0.25, 0.3) is 5.91 Å². The zero-order valence-corrected chi connectivity index (χ0v) is 14.9. The van der Waals surface area contributed by atoms with Crippen LogP contribution in [-0.2, 0) is 6.18 Å². The van der Waals surface area contributed by atoms with Crippen LogP contribution in [0.3, 0.4) is 0 Å². The second kappa shape index (κ2) is 7.26. The van der Waals surface area contributed by atoms with E-state index in [2.05, 4.69) is 15.4 Å². The molecule has 0 aliphatic heterocycles. The van der Waals surface area contributed by atoms with Gasteiger partial charge in [0.05, 0.1) is 11.3 Å². The first-order chi connectivity index (χ1) is 13.1. The van der Waals surface area contributed by atoms with Crippen molar-refractivity contribution in [2.45, 2.75) is 20.0 Å². The highest BCUT2D eigenvalue weighted by Crippen LogP contribution is 2.30. The van der Waals surface area contributed by atoms with Crippen molar-refractivity contribution < 1.29 is 18.0 Å². The number of pyridine rings is 1. The average Bonchev–Trinajstić information content (AvgIpc) is 2.61. The van der Waals surface area contributed by atoms with Gasteiger partial charge in [-0.2, -0.15) is 18.3 Å². The van der Waals surface area contributed by atoms with Crippen molar-refractivity contribution >= 4 is 11.7 Å². The van der Waals surface area contributed by atoms with Gasteiger partial charge in [-0.05, 0) is 49.7 Å². The van der Waals surface area contributed by atoms with E-state index < -0.39 is 28.8 Å². The highest BCUT2D eigenvalue weighted by molar-refractivity contribution is 6.02. The molecule has 1 N–H and O–H groups in total. The number of carbonyl (C=O) groups is 1. The van der Waals surface area contributed by atoms with Crippen LogP contribution in [0.15, 0.2) is 53.5 Å². The molecule has 1 amide bonds. The lowest BCUT2D eigenvalue weighted by molar-refractivity contribution is -0.137. The third kappa shape index (κ3) is 4.08. The molecule has 0 aliphatic rings. The molecule has 0 saturated carbocycles. The number of alkyl halides is 3. The highest BCUT2D eigenvalue weighted by atomic mass is 19.4. The molecule has 144 valence electrons. The normalized spacial score (nSPS) is 11.3. The van der Waals surface area contributed by atoms with Crippen molar-refractivity contribution in [2.75, 3.05) is 5.32 Å². The Bertz CT molecular complexity index is 1110. The fourth-order valence-electron chi connectivity index (χ4n) is 2.56. The fourth-order valence-corrected chi connectivity index (χ4v) is 2.56. The summed E-state index contributed by atoms with van der Waals surface area (Å²) >= 11 is 0. The highest BCUT2D eigenvalue weighted by Gasteiger charge is 2.30. The van der Waals surface area contributed by atoms with E-state index in [0.717, 1.165) is 28.4 Å². The Morgan fingerprint density at radius 1 is 1.11 bits per heavy atom. The summed E-state index contributed by atoms with van der Waals surface area (Å²) in [6.45, 7) is 3.32. The van der Waals surface area contributed by atoms with Crippen LogP contribution in [0.25, 0.3) is 5.69 Å². The largest absolute Gasteiger partial charge is 0.416 e. The van der Waals surface area contributed by atoms with Crippen molar-refractivity contribution in [3.05, 3.63) is 81.4 Å². The van der Waals surface area contributed by atoms with Gasteiger partial charge in [0.1, 0.15) is 5.82 Å². The number of anilines is 1. The molecule has 1 aromatic carbocycles. The molecule has 0 aliphatic carbocycles. The summed E-state index contributed by atoms with van der Waals surface area (Å²) in [5.74, 6) is -0.568. The first-order valence-corrected chi connectivity index (χ1v) is 8.18. The van der Waals surface area contributed by atoms with Gasteiger partial charge in [0, 0.05) is 18.0 Å². The molecule has 2 aromatic heterocycles. The lowest BCUT2D eigenvalue weighted by atomic mass is 10.2. The number of rotatable bonds is 3. The lowest BCUT2D eigenvalue weighted by Crippen LogP contribution is -2.27.